The van der Waals surface area contributed by atoms with Crippen LogP contribution < -0.4 is 10.5 Å². The van der Waals surface area contributed by atoms with Gasteiger partial charge in [0, 0.05) is 7.05 Å². The van der Waals surface area contributed by atoms with Crippen molar-refractivity contribution >= 4 is 11.9 Å². The third-order valence-corrected chi connectivity index (χ3v) is 2.74. The largest absolute Gasteiger partial charge is 0.477 e. The molecule has 0 radical (unpaired) electrons. The molecular weight excluding hydrogens is 262 g/mol. The topological polar surface area (TPSA) is 107 Å². The van der Waals surface area contributed by atoms with Gasteiger partial charge in [0.25, 0.3) is 5.91 Å². The molecule has 0 aliphatic rings. The molecule has 20 heavy (non-hydrogen) atoms. The first-order chi connectivity index (χ1) is 9.41. The fraction of sp³-hybridized carbons (Fsp3) is 0.154. The zero-order valence-electron chi connectivity index (χ0n) is 11.0. The number of hydrogen-bond acceptors (Lipinski definition) is 4. The summed E-state index contributed by atoms with van der Waals surface area (Å²) in [6.07, 6.45) is 0. The number of para-hydroxylation sites is 1. The third kappa shape index (κ3) is 2.33. The lowest BCUT2D eigenvalue weighted by molar-refractivity contribution is 0.0693. The molecule has 7 heteroatoms. The summed E-state index contributed by atoms with van der Waals surface area (Å²) in [7, 11) is 1.56. The number of rotatable bonds is 4. The highest BCUT2D eigenvalue weighted by Gasteiger charge is 2.22. The van der Waals surface area contributed by atoms with Crippen LogP contribution in [-0.2, 0) is 7.05 Å². The van der Waals surface area contributed by atoms with Crippen LogP contribution in [-0.4, -0.2) is 26.8 Å². The number of carbonyl (C=O) groups excluding carboxylic acids is 1. The Kier molecular flexibility index (Phi) is 3.43. The van der Waals surface area contributed by atoms with Crippen LogP contribution in [0.1, 0.15) is 26.4 Å². The van der Waals surface area contributed by atoms with E-state index in [9.17, 15) is 14.7 Å². The van der Waals surface area contributed by atoms with Gasteiger partial charge >= 0.3 is 5.97 Å². The van der Waals surface area contributed by atoms with Crippen LogP contribution in [0.5, 0.6) is 11.6 Å². The fourth-order valence-electron chi connectivity index (χ4n) is 1.86. The van der Waals surface area contributed by atoms with Crippen LogP contribution in [0.25, 0.3) is 0 Å². The Bertz CT molecular complexity index is 691. The Hall–Kier alpha value is -2.83. The number of benzene rings is 1. The first-order valence-corrected chi connectivity index (χ1v) is 5.75. The number of aromatic carboxylic acids is 1. The molecule has 0 spiro atoms. The number of ether oxygens (including phenoxy) is 1. The number of primary amides is 1. The summed E-state index contributed by atoms with van der Waals surface area (Å²) < 4.78 is 6.84. The van der Waals surface area contributed by atoms with E-state index in [4.69, 9.17) is 10.5 Å². The number of aryl methyl sites for hydroxylation is 2. The van der Waals surface area contributed by atoms with Gasteiger partial charge in [-0.2, -0.15) is 5.10 Å². The van der Waals surface area contributed by atoms with Gasteiger partial charge in [0.1, 0.15) is 11.3 Å². The maximum atomic E-state index is 11.3. The van der Waals surface area contributed by atoms with Gasteiger partial charge in [-0.3, -0.25) is 4.79 Å². The molecule has 2 rings (SSSR count). The average Bonchev–Trinajstić information content (AvgIpc) is 2.64. The Balaban J connectivity index is 2.51. The predicted octanol–water partition coefficient (Wildman–Crippen LogP) is 1.32. The molecule has 3 N–H and O–H groups in total. The standard InChI is InChI=1S/C13H13N3O4/c1-7-10(13(18)19)12(16(2)15-7)20-9-6-4-3-5-8(9)11(14)17/h3-6H,1-2H3,(H2,14,17)(H,18,19). The minimum absolute atomic E-state index is 0.0451. The SMILES string of the molecule is Cc1nn(C)c(Oc2ccccc2C(N)=O)c1C(=O)O. The Labute approximate surface area is 114 Å². The summed E-state index contributed by atoms with van der Waals surface area (Å²) in [5, 5.41) is 13.2. The van der Waals surface area contributed by atoms with E-state index in [2.05, 4.69) is 5.10 Å². The first-order valence-electron chi connectivity index (χ1n) is 5.75. The smallest absolute Gasteiger partial charge is 0.343 e. The van der Waals surface area contributed by atoms with E-state index in [-0.39, 0.29) is 22.8 Å². The lowest BCUT2D eigenvalue weighted by Crippen LogP contribution is -2.12. The normalized spacial score (nSPS) is 10.3. The van der Waals surface area contributed by atoms with E-state index in [0.29, 0.717) is 5.69 Å². The molecule has 1 heterocycles. The molecule has 0 unspecified atom stereocenters. The van der Waals surface area contributed by atoms with E-state index in [1.165, 1.54) is 16.8 Å². The van der Waals surface area contributed by atoms with Crippen molar-refractivity contribution < 1.29 is 19.4 Å². The highest BCUT2D eigenvalue weighted by atomic mass is 16.5. The average molecular weight is 275 g/mol. The number of carbonyl (C=O) groups is 2. The summed E-state index contributed by atoms with van der Waals surface area (Å²) >= 11 is 0. The molecule has 104 valence electrons. The second-order valence-electron chi connectivity index (χ2n) is 4.16. The minimum Gasteiger partial charge on any atom is -0.477 e. The minimum atomic E-state index is -1.15. The summed E-state index contributed by atoms with van der Waals surface area (Å²) in [5.74, 6) is -1.58. The van der Waals surface area contributed by atoms with Crippen molar-refractivity contribution in [3.8, 4) is 11.6 Å². The van der Waals surface area contributed by atoms with Gasteiger partial charge in [-0.25, -0.2) is 9.48 Å². The highest BCUT2D eigenvalue weighted by Crippen LogP contribution is 2.29. The van der Waals surface area contributed by atoms with Crippen molar-refractivity contribution in [2.45, 2.75) is 6.92 Å². The molecular formula is C13H13N3O4. The summed E-state index contributed by atoms with van der Waals surface area (Å²) in [6, 6.07) is 6.33. The van der Waals surface area contributed by atoms with Crippen molar-refractivity contribution in [3.05, 3.63) is 41.1 Å². The van der Waals surface area contributed by atoms with Crippen molar-refractivity contribution in [3.63, 3.8) is 0 Å². The van der Waals surface area contributed by atoms with E-state index >= 15 is 0 Å². The number of aromatic nitrogens is 2. The maximum absolute atomic E-state index is 11.3. The number of carboxylic acid groups (broad SMARTS) is 1. The van der Waals surface area contributed by atoms with Crippen LogP contribution in [0, 0.1) is 6.92 Å². The van der Waals surface area contributed by atoms with Gasteiger partial charge in [-0.15, -0.1) is 0 Å². The van der Waals surface area contributed by atoms with Gasteiger partial charge in [0.05, 0.1) is 11.3 Å². The van der Waals surface area contributed by atoms with Gasteiger partial charge < -0.3 is 15.6 Å². The summed E-state index contributed by atoms with van der Waals surface area (Å²) in [4.78, 5) is 22.6. The highest BCUT2D eigenvalue weighted by molar-refractivity contribution is 5.96. The third-order valence-electron chi connectivity index (χ3n) is 2.74. The molecule has 2 aromatic rings. The number of carboxylic acids is 1. The van der Waals surface area contributed by atoms with Gasteiger partial charge in [-0.05, 0) is 19.1 Å². The molecule has 0 atom stereocenters. The molecule has 7 nitrogen and oxygen atoms in total. The molecule has 1 aromatic heterocycles. The monoisotopic (exact) mass is 275 g/mol. The van der Waals surface area contributed by atoms with E-state index in [1.807, 2.05) is 0 Å². The Morgan fingerprint density at radius 2 is 2.00 bits per heavy atom. The lowest BCUT2D eigenvalue weighted by Gasteiger charge is -2.09. The second-order valence-corrected chi connectivity index (χ2v) is 4.16. The lowest BCUT2D eigenvalue weighted by atomic mass is 10.2. The molecule has 0 bridgehead atoms. The molecule has 0 fully saturated rings. The molecule has 0 aliphatic heterocycles. The molecule has 0 saturated heterocycles. The van der Waals surface area contributed by atoms with Crippen molar-refractivity contribution in [2.24, 2.45) is 12.8 Å². The van der Waals surface area contributed by atoms with Crippen LogP contribution in [0.2, 0.25) is 0 Å². The molecule has 0 aliphatic carbocycles. The van der Waals surface area contributed by atoms with Gasteiger partial charge in [0.2, 0.25) is 5.88 Å². The van der Waals surface area contributed by atoms with Crippen LogP contribution >= 0.6 is 0 Å². The molecule has 1 aromatic carbocycles. The fourth-order valence-corrected chi connectivity index (χ4v) is 1.86. The Morgan fingerprint density at radius 3 is 2.60 bits per heavy atom. The van der Waals surface area contributed by atoms with Gasteiger partial charge in [-0.1, -0.05) is 12.1 Å². The van der Waals surface area contributed by atoms with Crippen LogP contribution in [0.4, 0.5) is 0 Å². The quantitative estimate of drug-likeness (QED) is 0.874. The summed E-state index contributed by atoms with van der Waals surface area (Å²) in [5.41, 5.74) is 5.70. The van der Waals surface area contributed by atoms with E-state index in [1.54, 1.807) is 26.1 Å². The van der Waals surface area contributed by atoms with E-state index in [0.717, 1.165) is 0 Å². The molecule has 0 saturated carbocycles. The zero-order valence-corrected chi connectivity index (χ0v) is 11.0. The first kappa shape index (κ1) is 13.6. The van der Waals surface area contributed by atoms with Crippen LogP contribution in [0.15, 0.2) is 24.3 Å². The van der Waals surface area contributed by atoms with Crippen molar-refractivity contribution in [2.75, 3.05) is 0 Å². The van der Waals surface area contributed by atoms with E-state index < -0.39 is 11.9 Å². The maximum Gasteiger partial charge on any atom is 0.343 e. The second kappa shape index (κ2) is 5.04. The predicted molar refractivity (Wildman–Crippen MR) is 69.9 cm³/mol. The van der Waals surface area contributed by atoms with Gasteiger partial charge in [0.15, 0.2) is 0 Å². The number of nitrogens with two attached hydrogens (primary N) is 1. The number of amides is 1. The number of hydrogen-bond donors (Lipinski definition) is 2. The zero-order chi connectivity index (χ0) is 14.9. The summed E-state index contributed by atoms with van der Waals surface area (Å²) in [6.45, 7) is 1.57. The number of nitrogens with zero attached hydrogens (tertiary/aromatic N) is 2. The molecule has 1 amide bonds. The van der Waals surface area contributed by atoms with Crippen molar-refractivity contribution in [1.82, 2.24) is 9.78 Å². The Morgan fingerprint density at radius 1 is 1.35 bits per heavy atom. The van der Waals surface area contributed by atoms with Crippen molar-refractivity contribution in [1.29, 1.82) is 0 Å². The van der Waals surface area contributed by atoms with Crippen LogP contribution in [0.3, 0.4) is 0 Å².